The molecule has 0 fully saturated rings. The van der Waals surface area contributed by atoms with Crippen molar-refractivity contribution in [3.8, 4) is 0 Å². The zero-order valence-electron chi connectivity index (χ0n) is 51.7. The van der Waals surface area contributed by atoms with E-state index in [9.17, 15) is 14.4 Å². The summed E-state index contributed by atoms with van der Waals surface area (Å²) in [6.07, 6.45) is 82.8. The average Bonchev–Trinajstić information content (AvgIpc) is 3.43. The maximum Gasteiger partial charge on any atom is 0.306 e. The predicted octanol–water partition coefficient (Wildman–Crippen LogP) is 23.3. The maximum absolute atomic E-state index is 12.9. The highest BCUT2D eigenvalue weighted by atomic mass is 16.6. The second-order valence-electron chi connectivity index (χ2n) is 23.1. The predicted molar refractivity (Wildman–Crippen MR) is 335 cm³/mol. The van der Waals surface area contributed by atoms with Gasteiger partial charge in [0, 0.05) is 19.3 Å². The topological polar surface area (TPSA) is 78.9 Å². The normalized spacial score (nSPS) is 12.3. The number of carbonyl (C=O) groups excluding carboxylic acids is 3. The van der Waals surface area contributed by atoms with Gasteiger partial charge in [-0.05, 0) is 96.3 Å². The first-order valence-electron chi connectivity index (χ1n) is 34.1. The van der Waals surface area contributed by atoms with Crippen LogP contribution in [0, 0.1) is 0 Å². The first-order chi connectivity index (χ1) is 38.0. The van der Waals surface area contributed by atoms with Crippen LogP contribution in [0.2, 0.25) is 0 Å². The van der Waals surface area contributed by atoms with E-state index in [0.717, 1.165) is 83.5 Å². The van der Waals surface area contributed by atoms with Gasteiger partial charge in [0.25, 0.3) is 0 Å². The van der Waals surface area contributed by atoms with Gasteiger partial charge in [0.2, 0.25) is 0 Å². The summed E-state index contributed by atoms with van der Waals surface area (Å²) >= 11 is 0. The van der Waals surface area contributed by atoms with E-state index in [4.69, 9.17) is 14.2 Å². The maximum atomic E-state index is 12.9. The van der Waals surface area contributed by atoms with Gasteiger partial charge < -0.3 is 14.2 Å². The van der Waals surface area contributed by atoms with E-state index in [1.165, 1.54) is 244 Å². The third-order valence-corrected chi connectivity index (χ3v) is 15.3. The summed E-state index contributed by atoms with van der Waals surface area (Å²) in [5, 5.41) is 0. The third kappa shape index (κ3) is 64.1. The molecule has 0 spiro atoms. The molecular weight excluding hydrogens is 949 g/mol. The molecule has 1 atom stereocenters. The number of unbranched alkanes of at least 4 members (excludes halogenated alkanes) is 44. The molecule has 0 saturated carbocycles. The van der Waals surface area contributed by atoms with Gasteiger partial charge >= 0.3 is 17.9 Å². The van der Waals surface area contributed by atoms with Crippen molar-refractivity contribution >= 4 is 17.9 Å². The number of ether oxygens (including phenoxy) is 3. The fourth-order valence-electron chi connectivity index (χ4n) is 10.1. The van der Waals surface area contributed by atoms with Crippen molar-refractivity contribution in [2.24, 2.45) is 0 Å². The first-order valence-corrected chi connectivity index (χ1v) is 34.1. The second kappa shape index (κ2) is 65.9. The molecule has 77 heavy (non-hydrogen) atoms. The zero-order chi connectivity index (χ0) is 55.7. The van der Waals surface area contributed by atoms with Gasteiger partial charge in [-0.3, -0.25) is 14.4 Å². The van der Waals surface area contributed by atoms with Gasteiger partial charge in [-0.1, -0.05) is 301 Å². The van der Waals surface area contributed by atoms with Gasteiger partial charge in [0.05, 0.1) is 0 Å². The minimum atomic E-state index is -0.780. The molecule has 0 aliphatic heterocycles. The third-order valence-electron chi connectivity index (χ3n) is 15.3. The summed E-state index contributed by atoms with van der Waals surface area (Å²) in [5.41, 5.74) is 0. The minimum absolute atomic E-state index is 0.0756. The van der Waals surface area contributed by atoms with Gasteiger partial charge in [-0.25, -0.2) is 0 Å². The molecular formula is C71H130O6. The lowest BCUT2D eigenvalue weighted by Crippen LogP contribution is -2.30. The minimum Gasteiger partial charge on any atom is -0.462 e. The van der Waals surface area contributed by atoms with Crippen LogP contribution in [0.3, 0.4) is 0 Å². The molecule has 0 aliphatic carbocycles. The highest BCUT2D eigenvalue weighted by Gasteiger charge is 2.19. The Balaban J connectivity index is 4.27. The molecule has 0 aromatic carbocycles. The average molecular weight is 1080 g/mol. The lowest BCUT2D eigenvalue weighted by molar-refractivity contribution is -0.167. The molecule has 0 heterocycles. The molecule has 0 aromatic heterocycles. The Morgan fingerprint density at radius 3 is 0.779 bits per heavy atom. The van der Waals surface area contributed by atoms with Crippen molar-refractivity contribution in [3.05, 3.63) is 48.6 Å². The van der Waals surface area contributed by atoms with Crippen LogP contribution >= 0.6 is 0 Å². The van der Waals surface area contributed by atoms with Crippen LogP contribution in [0.25, 0.3) is 0 Å². The summed E-state index contributed by atoms with van der Waals surface area (Å²) in [4.78, 5) is 38.4. The second-order valence-corrected chi connectivity index (χ2v) is 23.1. The van der Waals surface area contributed by atoms with E-state index in [-0.39, 0.29) is 31.1 Å². The molecule has 6 nitrogen and oxygen atoms in total. The molecule has 0 rings (SSSR count). The molecule has 0 N–H and O–H groups in total. The fourth-order valence-corrected chi connectivity index (χ4v) is 10.1. The fraction of sp³-hybridized carbons (Fsp3) is 0.845. The van der Waals surface area contributed by atoms with Crippen molar-refractivity contribution < 1.29 is 28.6 Å². The quantitative estimate of drug-likeness (QED) is 0.0261. The summed E-state index contributed by atoms with van der Waals surface area (Å²) in [7, 11) is 0. The Labute approximate surface area is 479 Å². The van der Waals surface area contributed by atoms with Crippen molar-refractivity contribution in [3.63, 3.8) is 0 Å². The summed E-state index contributed by atoms with van der Waals surface area (Å²) in [6.45, 7) is 6.62. The van der Waals surface area contributed by atoms with Crippen LogP contribution in [-0.4, -0.2) is 37.2 Å². The lowest BCUT2D eigenvalue weighted by Gasteiger charge is -2.18. The summed E-state index contributed by atoms with van der Waals surface area (Å²) in [5.74, 6) is -0.870. The Morgan fingerprint density at radius 1 is 0.260 bits per heavy atom. The van der Waals surface area contributed by atoms with E-state index in [0.29, 0.717) is 19.3 Å². The number of allylic oxidation sites excluding steroid dienone is 8. The Kier molecular flexibility index (Phi) is 63.6. The smallest absolute Gasteiger partial charge is 0.306 e. The number of hydrogen-bond donors (Lipinski definition) is 0. The van der Waals surface area contributed by atoms with Gasteiger partial charge in [0.1, 0.15) is 13.2 Å². The van der Waals surface area contributed by atoms with E-state index in [2.05, 4.69) is 69.4 Å². The number of esters is 3. The molecule has 0 amide bonds. The molecule has 450 valence electrons. The molecule has 1 unspecified atom stereocenters. The van der Waals surface area contributed by atoms with E-state index < -0.39 is 6.10 Å². The highest BCUT2D eigenvalue weighted by Crippen LogP contribution is 2.17. The van der Waals surface area contributed by atoms with Gasteiger partial charge in [-0.15, -0.1) is 0 Å². The molecule has 0 saturated heterocycles. The number of hydrogen-bond acceptors (Lipinski definition) is 6. The summed E-state index contributed by atoms with van der Waals surface area (Å²) < 4.78 is 17.0. The molecule has 6 heteroatoms. The van der Waals surface area contributed by atoms with Crippen LogP contribution in [0.4, 0.5) is 0 Å². The van der Waals surface area contributed by atoms with Crippen LogP contribution < -0.4 is 0 Å². The SMILES string of the molecule is CCC/C=C\C/C=C\CCCCCCCC(=O)OCC(COC(=O)CCCCCCCCCCCCC/C=C\CCCCCCCCCC)OC(=O)CCCCCCCCCCCCC/C=C\CCCCCCCCCC. The standard InChI is InChI=1S/C71H130O6/c1-4-7-10-13-16-19-22-25-27-29-31-33-35-37-39-41-43-46-49-52-55-58-61-64-70(73)76-67-68(66-75-69(72)63-60-57-54-51-48-45-24-21-18-15-12-9-6-3)77-71(74)65-62-59-56-53-50-47-44-42-40-38-36-34-32-30-28-26-23-20-17-14-11-8-5-2/h12,15,21,24,29-32,68H,4-11,13-14,16-20,22-23,25-28,33-67H2,1-3H3/b15-12-,24-21-,31-29-,32-30-. The number of rotatable bonds is 63. The molecule has 0 radical (unpaired) electrons. The highest BCUT2D eigenvalue weighted by molar-refractivity contribution is 5.71. The monoisotopic (exact) mass is 1080 g/mol. The van der Waals surface area contributed by atoms with Crippen molar-refractivity contribution in [1.29, 1.82) is 0 Å². The molecule has 0 aromatic rings. The molecule has 0 bridgehead atoms. The first kappa shape index (κ1) is 74.4. The van der Waals surface area contributed by atoms with Crippen molar-refractivity contribution in [2.45, 2.75) is 374 Å². The van der Waals surface area contributed by atoms with E-state index in [1.807, 2.05) is 0 Å². The Hall–Kier alpha value is -2.63. The van der Waals surface area contributed by atoms with Crippen molar-refractivity contribution in [2.75, 3.05) is 13.2 Å². The van der Waals surface area contributed by atoms with E-state index >= 15 is 0 Å². The Morgan fingerprint density at radius 2 is 0.494 bits per heavy atom. The van der Waals surface area contributed by atoms with Gasteiger partial charge in [0.15, 0.2) is 6.10 Å². The molecule has 0 aliphatic rings. The number of carbonyl (C=O) groups is 3. The largest absolute Gasteiger partial charge is 0.462 e. The van der Waals surface area contributed by atoms with E-state index in [1.54, 1.807) is 0 Å². The Bertz CT molecular complexity index is 1330. The van der Waals surface area contributed by atoms with Crippen LogP contribution in [0.15, 0.2) is 48.6 Å². The zero-order valence-corrected chi connectivity index (χ0v) is 51.7. The summed E-state index contributed by atoms with van der Waals surface area (Å²) in [6, 6.07) is 0. The van der Waals surface area contributed by atoms with Crippen LogP contribution in [0.5, 0.6) is 0 Å². The lowest BCUT2D eigenvalue weighted by atomic mass is 10.0. The van der Waals surface area contributed by atoms with Crippen molar-refractivity contribution in [1.82, 2.24) is 0 Å². The van der Waals surface area contributed by atoms with Crippen LogP contribution in [-0.2, 0) is 28.6 Å². The van der Waals surface area contributed by atoms with Gasteiger partial charge in [-0.2, -0.15) is 0 Å². The van der Waals surface area contributed by atoms with Crippen LogP contribution in [0.1, 0.15) is 367 Å².